The molecule has 0 bridgehead atoms. The number of nitrogens with zero attached hydrogens (tertiary/aromatic N) is 4. The second-order valence-electron chi connectivity index (χ2n) is 5.75. The number of aromatic nitrogens is 3. The summed E-state index contributed by atoms with van der Waals surface area (Å²) < 4.78 is 4.94. The topological polar surface area (TPSA) is 114 Å². The fraction of sp³-hybridized carbons (Fsp3) is 0.438. The predicted octanol–water partition coefficient (Wildman–Crippen LogP) is 2.55. The Bertz CT molecular complexity index is 783. The minimum absolute atomic E-state index is 0.00258. The summed E-state index contributed by atoms with van der Waals surface area (Å²) in [7, 11) is 0. The van der Waals surface area contributed by atoms with Crippen molar-refractivity contribution >= 4 is 17.3 Å². The molecule has 25 heavy (non-hydrogen) atoms. The first-order chi connectivity index (χ1) is 12.1. The van der Waals surface area contributed by atoms with Crippen LogP contribution in [0.15, 0.2) is 18.2 Å². The molecule has 2 aromatic rings. The number of aromatic amines is 1. The molecule has 0 atom stereocenters. The van der Waals surface area contributed by atoms with Crippen LogP contribution in [-0.4, -0.2) is 46.0 Å². The summed E-state index contributed by atoms with van der Waals surface area (Å²) in [6.07, 6.45) is 3.19. The first kappa shape index (κ1) is 16.9. The molecule has 0 aliphatic carbocycles. The Kier molecular flexibility index (Phi) is 4.92. The van der Waals surface area contributed by atoms with E-state index in [1.807, 2.05) is 4.90 Å². The van der Waals surface area contributed by atoms with E-state index in [1.54, 1.807) is 19.1 Å². The lowest BCUT2D eigenvalue weighted by Crippen LogP contribution is -2.29. The zero-order valence-corrected chi connectivity index (χ0v) is 13.9. The molecule has 1 fully saturated rings. The van der Waals surface area contributed by atoms with E-state index in [-0.39, 0.29) is 23.7 Å². The molecule has 1 aliphatic heterocycles. The van der Waals surface area contributed by atoms with Gasteiger partial charge in [-0.1, -0.05) is 6.07 Å². The summed E-state index contributed by atoms with van der Waals surface area (Å²) in [5, 5.41) is 21.7. The highest BCUT2D eigenvalue weighted by Crippen LogP contribution is 2.34. The Morgan fingerprint density at radius 1 is 1.32 bits per heavy atom. The fourth-order valence-electron chi connectivity index (χ4n) is 2.99. The van der Waals surface area contributed by atoms with Gasteiger partial charge in [-0.2, -0.15) is 10.3 Å². The molecule has 0 saturated carbocycles. The van der Waals surface area contributed by atoms with Crippen LogP contribution >= 0.6 is 0 Å². The van der Waals surface area contributed by atoms with Crippen LogP contribution in [0.4, 0.5) is 11.4 Å². The standard InChI is InChI=1S/C16H19N5O4/c1-2-25-16(22)15-14(17-19-18-15)11-6-7-12(13(10-11)21(23)24)20-8-4-3-5-9-20/h6-7,10H,2-5,8-9H2,1H3,(H,17,18,19). The minimum Gasteiger partial charge on any atom is -0.461 e. The summed E-state index contributed by atoms with van der Waals surface area (Å²) in [6.45, 7) is 3.51. The Morgan fingerprint density at radius 2 is 2.08 bits per heavy atom. The van der Waals surface area contributed by atoms with Gasteiger partial charge in [0.05, 0.1) is 11.5 Å². The summed E-state index contributed by atoms with van der Waals surface area (Å²) in [4.78, 5) is 25.1. The number of hydrogen-bond donors (Lipinski definition) is 1. The lowest BCUT2D eigenvalue weighted by molar-refractivity contribution is -0.384. The SMILES string of the molecule is CCOC(=O)c1n[nH]nc1-c1ccc(N2CCCCC2)c([N+](=O)[O-])c1. The Balaban J connectivity index is 1.99. The van der Waals surface area contributed by atoms with Crippen LogP contribution in [0.25, 0.3) is 11.3 Å². The zero-order chi connectivity index (χ0) is 17.8. The molecule has 1 N–H and O–H groups in total. The predicted molar refractivity (Wildman–Crippen MR) is 90.5 cm³/mol. The molecule has 9 heteroatoms. The van der Waals surface area contributed by atoms with Crippen molar-refractivity contribution in [3.8, 4) is 11.3 Å². The van der Waals surface area contributed by atoms with Gasteiger partial charge in [-0.15, -0.1) is 5.10 Å². The molecule has 0 radical (unpaired) electrons. The van der Waals surface area contributed by atoms with Crippen molar-refractivity contribution in [1.29, 1.82) is 0 Å². The number of nitrogens with one attached hydrogen (secondary N) is 1. The first-order valence-electron chi connectivity index (χ1n) is 8.23. The number of carbonyl (C=O) groups excluding carboxylic acids is 1. The number of hydrogen-bond acceptors (Lipinski definition) is 7. The van der Waals surface area contributed by atoms with Gasteiger partial charge in [0.15, 0.2) is 5.69 Å². The lowest BCUT2D eigenvalue weighted by atomic mass is 10.1. The van der Waals surface area contributed by atoms with Gasteiger partial charge < -0.3 is 9.64 Å². The number of esters is 1. The van der Waals surface area contributed by atoms with Gasteiger partial charge >= 0.3 is 5.97 Å². The fourth-order valence-corrected chi connectivity index (χ4v) is 2.99. The molecule has 132 valence electrons. The summed E-state index contributed by atoms with van der Waals surface area (Å²) in [5.41, 5.74) is 1.30. The number of nitro benzene ring substituents is 1. The number of carbonyl (C=O) groups is 1. The summed E-state index contributed by atoms with van der Waals surface area (Å²) in [5.74, 6) is -0.617. The zero-order valence-electron chi connectivity index (χ0n) is 13.9. The second-order valence-corrected chi connectivity index (χ2v) is 5.75. The van der Waals surface area contributed by atoms with Crippen LogP contribution in [0.3, 0.4) is 0 Å². The molecular formula is C16H19N5O4. The third kappa shape index (κ3) is 3.44. The molecule has 0 spiro atoms. The van der Waals surface area contributed by atoms with E-state index in [9.17, 15) is 14.9 Å². The van der Waals surface area contributed by atoms with E-state index in [1.165, 1.54) is 6.07 Å². The van der Waals surface area contributed by atoms with E-state index in [4.69, 9.17) is 4.74 Å². The largest absolute Gasteiger partial charge is 0.461 e. The maximum atomic E-state index is 11.9. The second kappa shape index (κ2) is 7.29. The molecule has 0 unspecified atom stereocenters. The van der Waals surface area contributed by atoms with Gasteiger partial charge in [0.25, 0.3) is 5.69 Å². The van der Waals surface area contributed by atoms with Crippen molar-refractivity contribution in [2.75, 3.05) is 24.6 Å². The Hall–Kier alpha value is -2.97. The van der Waals surface area contributed by atoms with Crippen molar-refractivity contribution in [3.63, 3.8) is 0 Å². The first-order valence-corrected chi connectivity index (χ1v) is 8.23. The number of piperidine rings is 1. The van der Waals surface area contributed by atoms with Crippen LogP contribution in [0.1, 0.15) is 36.7 Å². The van der Waals surface area contributed by atoms with E-state index in [0.717, 1.165) is 32.4 Å². The molecule has 0 amide bonds. The molecule has 9 nitrogen and oxygen atoms in total. The quantitative estimate of drug-likeness (QED) is 0.503. The van der Waals surface area contributed by atoms with Crippen LogP contribution in [0, 0.1) is 10.1 Å². The van der Waals surface area contributed by atoms with E-state index in [0.29, 0.717) is 11.3 Å². The highest BCUT2D eigenvalue weighted by atomic mass is 16.6. The van der Waals surface area contributed by atoms with Gasteiger partial charge in [0, 0.05) is 24.7 Å². The number of nitro groups is 1. The summed E-state index contributed by atoms with van der Waals surface area (Å²) >= 11 is 0. The average Bonchev–Trinajstić information content (AvgIpc) is 3.12. The smallest absolute Gasteiger partial charge is 0.361 e. The van der Waals surface area contributed by atoms with Crippen LogP contribution < -0.4 is 4.90 Å². The van der Waals surface area contributed by atoms with Gasteiger partial charge in [0.1, 0.15) is 11.4 Å². The molecule has 2 heterocycles. The third-order valence-electron chi connectivity index (χ3n) is 4.16. The number of anilines is 1. The number of benzene rings is 1. The van der Waals surface area contributed by atoms with Gasteiger partial charge in [-0.3, -0.25) is 10.1 Å². The van der Waals surface area contributed by atoms with Crippen molar-refractivity contribution in [2.45, 2.75) is 26.2 Å². The normalized spacial score (nSPS) is 14.4. The third-order valence-corrected chi connectivity index (χ3v) is 4.16. The van der Waals surface area contributed by atoms with Gasteiger partial charge in [0.2, 0.25) is 0 Å². The van der Waals surface area contributed by atoms with E-state index >= 15 is 0 Å². The molecule has 1 saturated heterocycles. The van der Waals surface area contributed by atoms with Crippen molar-refractivity contribution in [2.24, 2.45) is 0 Å². The van der Waals surface area contributed by atoms with Gasteiger partial charge in [-0.05, 0) is 32.3 Å². The monoisotopic (exact) mass is 345 g/mol. The van der Waals surface area contributed by atoms with Gasteiger partial charge in [-0.25, -0.2) is 4.79 Å². The van der Waals surface area contributed by atoms with Crippen molar-refractivity contribution in [3.05, 3.63) is 34.0 Å². The van der Waals surface area contributed by atoms with Crippen LogP contribution in [0.2, 0.25) is 0 Å². The highest BCUT2D eigenvalue weighted by Gasteiger charge is 2.25. The highest BCUT2D eigenvalue weighted by molar-refractivity contribution is 5.94. The maximum absolute atomic E-state index is 11.9. The number of ether oxygens (including phenoxy) is 1. The Labute approximate surface area is 144 Å². The molecule has 1 aliphatic rings. The van der Waals surface area contributed by atoms with Crippen molar-refractivity contribution in [1.82, 2.24) is 15.4 Å². The van der Waals surface area contributed by atoms with Crippen LogP contribution in [0.5, 0.6) is 0 Å². The minimum atomic E-state index is -0.617. The molecule has 3 rings (SSSR count). The number of H-pyrrole nitrogens is 1. The van der Waals surface area contributed by atoms with E-state index in [2.05, 4.69) is 15.4 Å². The number of rotatable bonds is 5. The van der Waals surface area contributed by atoms with E-state index < -0.39 is 10.9 Å². The van der Waals surface area contributed by atoms with Crippen LogP contribution in [-0.2, 0) is 4.74 Å². The molecule has 1 aromatic heterocycles. The summed E-state index contributed by atoms with van der Waals surface area (Å²) in [6, 6.07) is 4.87. The molecule has 1 aromatic carbocycles. The Morgan fingerprint density at radius 3 is 2.76 bits per heavy atom. The van der Waals surface area contributed by atoms with Crippen molar-refractivity contribution < 1.29 is 14.5 Å². The molecular weight excluding hydrogens is 326 g/mol. The maximum Gasteiger partial charge on any atom is 0.361 e. The average molecular weight is 345 g/mol. The lowest BCUT2D eigenvalue weighted by Gasteiger charge is -2.28.